The number of fused-ring (bicyclic) bond motifs is 1. The van der Waals surface area contributed by atoms with E-state index < -0.39 is 0 Å². The highest BCUT2D eigenvalue weighted by Crippen LogP contribution is 2.38. The van der Waals surface area contributed by atoms with E-state index in [1.165, 1.54) is 5.56 Å². The Bertz CT molecular complexity index is 1150. The van der Waals surface area contributed by atoms with Crippen LogP contribution in [0.25, 0.3) is 10.9 Å². The van der Waals surface area contributed by atoms with Crippen LogP contribution < -0.4 is 4.74 Å². The zero-order chi connectivity index (χ0) is 21.6. The summed E-state index contributed by atoms with van der Waals surface area (Å²) in [4.78, 5) is 16.2. The van der Waals surface area contributed by atoms with Crippen molar-refractivity contribution in [2.24, 2.45) is 0 Å². The van der Waals surface area contributed by atoms with Crippen molar-refractivity contribution >= 4 is 16.9 Å². The summed E-state index contributed by atoms with van der Waals surface area (Å²) >= 11 is 0. The van der Waals surface area contributed by atoms with Crippen molar-refractivity contribution in [3.05, 3.63) is 101 Å². The maximum absolute atomic E-state index is 12.6. The fraction of sp³-hybridized carbons (Fsp3) is 0.222. The zero-order valence-corrected chi connectivity index (χ0v) is 17.9. The van der Waals surface area contributed by atoms with Crippen molar-refractivity contribution in [2.45, 2.75) is 25.7 Å². The monoisotopic (exact) mass is 413 g/mol. The van der Waals surface area contributed by atoms with Crippen molar-refractivity contribution < 1.29 is 14.3 Å². The van der Waals surface area contributed by atoms with Gasteiger partial charge >= 0.3 is 5.97 Å². The lowest BCUT2D eigenvalue weighted by molar-refractivity contribution is -0.143. The Morgan fingerprint density at radius 2 is 1.65 bits per heavy atom. The smallest absolute Gasteiger partial charge is 0.306 e. The molecule has 0 radical (unpaired) electrons. The predicted octanol–water partition coefficient (Wildman–Crippen LogP) is 5.85. The number of H-pyrrole nitrogens is 1. The molecule has 4 rings (SSSR count). The Morgan fingerprint density at radius 3 is 2.35 bits per heavy atom. The second-order valence-corrected chi connectivity index (χ2v) is 7.56. The van der Waals surface area contributed by atoms with Crippen molar-refractivity contribution in [1.82, 2.24) is 4.98 Å². The van der Waals surface area contributed by atoms with E-state index in [0.717, 1.165) is 39.9 Å². The topological polar surface area (TPSA) is 51.3 Å². The molecule has 0 saturated heterocycles. The van der Waals surface area contributed by atoms with E-state index in [1.807, 2.05) is 49.4 Å². The van der Waals surface area contributed by atoms with Gasteiger partial charge in [-0.3, -0.25) is 4.79 Å². The third-order valence-corrected chi connectivity index (χ3v) is 5.59. The number of carbonyl (C=O) groups is 1. The van der Waals surface area contributed by atoms with Gasteiger partial charge in [0.25, 0.3) is 0 Å². The summed E-state index contributed by atoms with van der Waals surface area (Å²) in [5.74, 6) is 0.473. The molecule has 0 saturated carbocycles. The average molecular weight is 414 g/mol. The van der Waals surface area contributed by atoms with Gasteiger partial charge in [-0.1, -0.05) is 60.7 Å². The van der Waals surface area contributed by atoms with Crippen LogP contribution in [0.15, 0.2) is 78.9 Å². The van der Waals surface area contributed by atoms with Gasteiger partial charge in [-0.15, -0.1) is 0 Å². The fourth-order valence-corrected chi connectivity index (χ4v) is 4.17. The molecule has 1 N–H and O–H groups in total. The Balaban J connectivity index is 1.84. The summed E-state index contributed by atoms with van der Waals surface area (Å²) in [6.45, 7) is 2.21. The molecule has 1 atom stereocenters. The molecule has 1 unspecified atom stereocenters. The molecule has 0 fully saturated rings. The van der Waals surface area contributed by atoms with Crippen LogP contribution in [0.4, 0.5) is 0 Å². The molecule has 1 aromatic heterocycles. The van der Waals surface area contributed by atoms with Gasteiger partial charge in [0.15, 0.2) is 0 Å². The Labute approximate surface area is 182 Å². The van der Waals surface area contributed by atoms with E-state index in [1.54, 1.807) is 7.11 Å². The summed E-state index contributed by atoms with van der Waals surface area (Å²) in [6, 6.07) is 26.6. The van der Waals surface area contributed by atoms with Gasteiger partial charge in [0, 0.05) is 28.9 Å². The third-order valence-electron chi connectivity index (χ3n) is 5.59. The molecule has 0 bridgehead atoms. The van der Waals surface area contributed by atoms with Crippen LogP contribution in [0, 0.1) is 0 Å². The van der Waals surface area contributed by atoms with Crippen LogP contribution in [0.1, 0.15) is 41.6 Å². The van der Waals surface area contributed by atoms with Crippen molar-refractivity contribution in [3.63, 3.8) is 0 Å². The lowest BCUT2D eigenvalue weighted by Crippen LogP contribution is -2.13. The first kappa shape index (κ1) is 20.7. The summed E-state index contributed by atoms with van der Waals surface area (Å²) in [7, 11) is 1.66. The number of rotatable bonds is 8. The second-order valence-electron chi connectivity index (χ2n) is 7.56. The molecule has 1 heterocycles. The molecule has 0 amide bonds. The molecule has 3 aromatic carbocycles. The van der Waals surface area contributed by atoms with Crippen LogP contribution in [-0.2, 0) is 16.0 Å². The molecule has 4 heteroatoms. The van der Waals surface area contributed by atoms with Gasteiger partial charge in [-0.2, -0.15) is 0 Å². The molecule has 31 heavy (non-hydrogen) atoms. The summed E-state index contributed by atoms with van der Waals surface area (Å²) < 4.78 is 10.7. The van der Waals surface area contributed by atoms with E-state index in [0.29, 0.717) is 6.61 Å². The highest BCUT2D eigenvalue weighted by molar-refractivity contribution is 5.87. The van der Waals surface area contributed by atoms with Gasteiger partial charge in [-0.05, 0) is 41.8 Å². The van der Waals surface area contributed by atoms with Crippen LogP contribution >= 0.6 is 0 Å². The number of nitrogens with one attached hydrogen (secondary N) is 1. The summed E-state index contributed by atoms with van der Waals surface area (Å²) in [6.07, 6.45) is 1.05. The van der Waals surface area contributed by atoms with E-state index in [9.17, 15) is 4.79 Å². The zero-order valence-electron chi connectivity index (χ0n) is 17.9. The SMILES string of the molecule is CCOC(=O)CC(c1ccc(OC)cc1)c1c(Cc2ccccc2)[nH]c2ccccc12. The van der Waals surface area contributed by atoms with Gasteiger partial charge in [0.2, 0.25) is 0 Å². The van der Waals surface area contributed by atoms with Gasteiger partial charge < -0.3 is 14.5 Å². The van der Waals surface area contributed by atoms with Crippen LogP contribution in [0.3, 0.4) is 0 Å². The molecule has 4 nitrogen and oxygen atoms in total. The molecule has 158 valence electrons. The lowest BCUT2D eigenvalue weighted by Gasteiger charge is -2.19. The number of hydrogen-bond donors (Lipinski definition) is 1. The number of esters is 1. The first-order valence-electron chi connectivity index (χ1n) is 10.6. The van der Waals surface area contributed by atoms with Crippen molar-refractivity contribution in [2.75, 3.05) is 13.7 Å². The highest BCUT2D eigenvalue weighted by Gasteiger charge is 2.25. The molecule has 0 aliphatic heterocycles. The van der Waals surface area contributed by atoms with E-state index in [2.05, 4.69) is 41.4 Å². The van der Waals surface area contributed by atoms with E-state index in [-0.39, 0.29) is 18.3 Å². The van der Waals surface area contributed by atoms with Crippen molar-refractivity contribution in [3.8, 4) is 5.75 Å². The second kappa shape index (κ2) is 9.52. The standard InChI is InChI=1S/C27H27NO3/c1-3-31-26(29)18-23(20-13-15-21(30-2)16-14-20)27-22-11-7-8-12-24(22)28-25(27)17-19-9-5-4-6-10-19/h4-16,23,28H,3,17-18H2,1-2H3. The number of aromatic amines is 1. The van der Waals surface area contributed by atoms with Gasteiger partial charge in [-0.25, -0.2) is 0 Å². The molecule has 0 aliphatic carbocycles. The number of para-hydroxylation sites is 1. The van der Waals surface area contributed by atoms with Gasteiger partial charge in [0.1, 0.15) is 5.75 Å². The van der Waals surface area contributed by atoms with Crippen LogP contribution in [0.5, 0.6) is 5.75 Å². The average Bonchev–Trinajstić information content (AvgIpc) is 3.16. The fourth-order valence-electron chi connectivity index (χ4n) is 4.17. The highest BCUT2D eigenvalue weighted by atomic mass is 16.5. The maximum Gasteiger partial charge on any atom is 0.306 e. The minimum absolute atomic E-state index is 0.125. The molecule has 0 spiro atoms. The molecule has 4 aromatic rings. The number of carbonyl (C=O) groups excluding carboxylic acids is 1. The van der Waals surface area contributed by atoms with Gasteiger partial charge in [0.05, 0.1) is 20.1 Å². The first-order valence-corrected chi connectivity index (χ1v) is 10.6. The quantitative estimate of drug-likeness (QED) is 0.369. The van der Waals surface area contributed by atoms with E-state index in [4.69, 9.17) is 9.47 Å². The molecule has 0 aliphatic rings. The minimum Gasteiger partial charge on any atom is -0.497 e. The maximum atomic E-state index is 12.6. The Hall–Kier alpha value is -3.53. The van der Waals surface area contributed by atoms with Crippen LogP contribution in [-0.4, -0.2) is 24.7 Å². The number of aromatic nitrogens is 1. The minimum atomic E-state index is -0.195. The molecular weight excluding hydrogens is 386 g/mol. The lowest BCUT2D eigenvalue weighted by atomic mass is 9.85. The third kappa shape index (κ3) is 4.64. The molecular formula is C27H27NO3. The number of ether oxygens (including phenoxy) is 2. The number of hydrogen-bond acceptors (Lipinski definition) is 3. The first-order chi connectivity index (χ1) is 15.2. The number of benzene rings is 3. The van der Waals surface area contributed by atoms with E-state index >= 15 is 0 Å². The Morgan fingerprint density at radius 1 is 0.935 bits per heavy atom. The van der Waals surface area contributed by atoms with Crippen molar-refractivity contribution in [1.29, 1.82) is 0 Å². The predicted molar refractivity (Wildman–Crippen MR) is 124 cm³/mol. The normalized spacial score (nSPS) is 11.9. The largest absolute Gasteiger partial charge is 0.497 e. The summed E-state index contributed by atoms with van der Waals surface area (Å²) in [5, 5.41) is 1.14. The number of methoxy groups -OCH3 is 1. The Kier molecular flexibility index (Phi) is 6.37. The van der Waals surface area contributed by atoms with Crippen LogP contribution in [0.2, 0.25) is 0 Å². The summed E-state index contributed by atoms with van der Waals surface area (Å²) in [5.41, 5.74) is 5.63.